The second-order valence-electron chi connectivity index (χ2n) is 7.70. The van der Waals surface area contributed by atoms with Crippen LogP contribution in [0, 0.1) is 5.92 Å². The van der Waals surface area contributed by atoms with E-state index in [1.165, 1.54) is 23.1 Å². The molecule has 2 aliphatic rings. The van der Waals surface area contributed by atoms with E-state index >= 15 is 0 Å². The first-order valence-corrected chi connectivity index (χ1v) is 12.0. The Morgan fingerprint density at radius 1 is 0.933 bits per heavy atom. The number of carbonyl (C=O) groups excluding carboxylic acids is 3. The van der Waals surface area contributed by atoms with Gasteiger partial charge in [0, 0.05) is 35.7 Å². The van der Waals surface area contributed by atoms with Crippen molar-refractivity contribution in [3.63, 3.8) is 0 Å². The van der Waals surface area contributed by atoms with E-state index in [0.29, 0.717) is 5.91 Å². The molecule has 0 atom stereocenters. The molecule has 9 nitrogen and oxygen atoms in total. The fourth-order valence-electron chi connectivity index (χ4n) is 4.04. The van der Waals surface area contributed by atoms with Crippen molar-refractivity contribution in [3.8, 4) is 0 Å². The van der Waals surface area contributed by atoms with Gasteiger partial charge in [-0.25, -0.2) is 4.98 Å². The minimum atomic E-state index is -0.525. The number of rotatable bonds is 4. The lowest BCUT2D eigenvalue weighted by Gasteiger charge is -2.34. The average Bonchev–Trinajstić information content (AvgIpc) is 3.50. The highest BCUT2D eigenvalue weighted by Gasteiger charge is 2.30. The number of carbonyl (C=O) groups is 3. The lowest BCUT2D eigenvalue weighted by atomic mass is 9.87. The highest BCUT2D eigenvalue weighted by atomic mass is 32.1. The van der Waals surface area contributed by atoms with Gasteiger partial charge >= 0.3 is 0 Å². The molecule has 0 bridgehead atoms. The zero-order valence-electron chi connectivity index (χ0n) is 16.5. The van der Waals surface area contributed by atoms with Crippen LogP contribution in [0.5, 0.6) is 0 Å². The quantitative estimate of drug-likeness (QED) is 0.694. The van der Waals surface area contributed by atoms with E-state index in [1.54, 1.807) is 5.38 Å². The van der Waals surface area contributed by atoms with Gasteiger partial charge in [0.05, 0.1) is 5.01 Å². The molecule has 1 aliphatic heterocycles. The Hall–Kier alpha value is -2.40. The van der Waals surface area contributed by atoms with E-state index in [4.69, 9.17) is 0 Å². The van der Waals surface area contributed by atoms with E-state index < -0.39 is 11.8 Å². The third-order valence-corrected chi connectivity index (χ3v) is 7.26. The number of hydrogen-bond donors (Lipinski definition) is 2. The largest absolute Gasteiger partial charge is 0.342 e. The van der Waals surface area contributed by atoms with E-state index in [-0.39, 0.29) is 23.2 Å². The Morgan fingerprint density at radius 3 is 2.30 bits per heavy atom. The zero-order chi connectivity index (χ0) is 20.9. The van der Waals surface area contributed by atoms with Crippen LogP contribution in [0.3, 0.4) is 0 Å². The van der Waals surface area contributed by atoms with Crippen LogP contribution >= 0.6 is 22.9 Å². The van der Waals surface area contributed by atoms with E-state index in [2.05, 4.69) is 25.4 Å². The van der Waals surface area contributed by atoms with Crippen LogP contribution in [0.15, 0.2) is 10.8 Å². The summed E-state index contributed by atoms with van der Waals surface area (Å²) in [6.45, 7) is 1.50. The summed E-state index contributed by atoms with van der Waals surface area (Å²) in [5.41, 5.74) is 5.08. The van der Waals surface area contributed by atoms with Gasteiger partial charge in [-0.3, -0.25) is 25.2 Å². The van der Waals surface area contributed by atoms with Crippen molar-refractivity contribution in [2.24, 2.45) is 5.92 Å². The first-order chi connectivity index (χ1) is 14.6. The lowest BCUT2D eigenvalue weighted by molar-refractivity contribution is -0.137. The Labute approximate surface area is 182 Å². The van der Waals surface area contributed by atoms with Crippen LogP contribution in [0.4, 0.5) is 0 Å². The number of thiazole rings is 1. The van der Waals surface area contributed by atoms with E-state index in [9.17, 15) is 14.4 Å². The number of aromatic nitrogens is 3. The van der Waals surface area contributed by atoms with Crippen molar-refractivity contribution < 1.29 is 14.4 Å². The average molecular weight is 449 g/mol. The molecule has 30 heavy (non-hydrogen) atoms. The molecule has 2 N–H and O–H groups in total. The van der Waals surface area contributed by atoms with Crippen LogP contribution in [0.1, 0.15) is 76.8 Å². The second kappa shape index (κ2) is 9.61. The number of likely N-dealkylation sites (tertiary alicyclic amines) is 1. The zero-order valence-corrected chi connectivity index (χ0v) is 18.1. The van der Waals surface area contributed by atoms with Gasteiger partial charge in [-0.15, -0.1) is 16.4 Å². The predicted molar refractivity (Wildman–Crippen MR) is 112 cm³/mol. The molecule has 2 aromatic heterocycles. The minimum Gasteiger partial charge on any atom is -0.342 e. The van der Waals surface area contributed by atoms with E-state index in [0.717, 1.165) is 68.2 Å². The Balaban J connectivity index is 1.26. The summed E-state index contributed by atoms with van der Waals surface area (Å²) in [7, 11) is 0. The number of hydrogen-bond acceptors (Lipinski definition) is 8. The second-order valence-corrected chi connectivity index (χ2v) is 9.20. The molecular formula is C19H24N6O3S2. The number of amides is 3. The number of nitrogens with zero attached hydrogens (tertiary/aromatic N) is 4. The topological polar surface area (TPSA) is 117 Å². The fraction of sp³-hybridized carbons (Fsp3) is 0.579. The standard InChI is InChI=1S/C19H24N6O3S2/c26-16(22-23-17(27)15-11-30-24-21-15)14-10-29-18(20-14)12-6-8-25(9-7-12)19(28)13-4-2-1-3-5-13/h10-13H,1-9H2,(H,22,26)(H,23,27). The number of nitrogens with one attached hydrogen (secondary N) is 2. The SMILES string of the molecule is O=C(NNC(=O)c1csc(C2CCN(C(=O)C3CCCCC3)CC2)n1)c1csnn1. The molecule has 0 unspecified atom stereocenters. The highest BCUT2D eigenvalue weighted by Crippen LogP contribution is 2.32. The Morgan fingerprint density at radius 2 is 1.63 bits per heavy atom. The first kappa shape index (κ1) is 20.9. The molecule has 4 rings (SSSR count). The van der Waals surface area contributed by atoms with Gasteiger partial charge in [-0.05, 0) is 37.2 Å². The molecule has 1 saturated carbocycles. The summed E-state index contributed by atoms with van der Waals surface area (Å²) in [6.07, 6.45) is 7.35. The molecular weight excluding hydrogens is 424 g/mol. The molecule has 11 heteroatoms. The maximum absolute atomic E-state index is 12.7. The van der Waals surface area contributed by atoms with Crippen LogP contribution < -0.4 is 10.9 Å². The summed E-state index contributed by atoms with van der Waals surface area (Å²) in [6, 6.07) is 0. The number of hydrazine groups is 1. The molecule has 160 valence electrons. The molecule has 1 saturated heterocycles. The van der Waals surface area contributed by atoms with Crippen LogP contribution in [0.2, 0.25) is 0 Å². The van der Waals surface area contributed by atoms with Gasteiger partial charge in [0.1, 0.15) is 5.69 Å². The normalized spacial score (nSPS) is 18.2. The van der Waals surface area contributed by atoms with Gasteiger partial charge in [0.2, 0.25) is 5.91 Å². The third kappa shape index (κ3) is 4.84. The maximum Gasteiger partial charge on any atom is 0.291 e. The first-order valence-electron chi connectivity index (χ1n) is 10.2. The number of piperidine rings is 1. The molecule has 2 aromatic rings. The van der Waals surface area contributed by atoms with Gasteiger partial charge in [0.15, 0.2) is 5.69 Å². The molecule has 0 spiro atoms. The van der Waals surface area contributed by atoms with Crippen molar-refractivity contribution in [1.29, 1.82) is 0 Å². The van der Waals surface area contributed by atoms with Gasteiger partial charge in [-0.2, -0.15) is 0 Å². The Bertz CT molecular complexity index is 886. The summed E-state index contributed by atoms with van der Waals surface area (Å²) in [5, 5.41) is 7.74. The molecule has 1 aliphatic carbocycles. The van der Waals surface area contributed by atoms with Crippen molar-refractivity contribution in [3.05, 3.63) is 27.2 Å². The fourth-order valence-corrected chi connectivity index (χ4v) is 5.45. The summed E-state index contributed by atoms with van der Waals surface area (Å²) in [4.78, 5) is 43.3. The smallest absolute Gasteiger partial charge is 0.291 e. The van der Waals surface area contributed by atoms with Crippen LogP contribution in [0.25, 0.3) is 0 Å². The monoisotopic (exact) mass is 448 g/mol. The van der Waals surface area contributed by atoms with Crippen LogP contribution in [-0.4, -0.2) is 50.3 Å². The molecule has 3 amide bonds. The van der Waals surface area contributed by atoms with Gasteiger partial charge in [-0.1, -0.05) is 23.8 Å². The van der Waals surface area contributed by atoms with E-state index in [1.807, 2.05) is 4.90 Å². The Kier molecular flexibility index (Phi) is 6.68. The van der Waals surface area contributed by atoms with Crippen LogP contribution in [-0.2, 0) is 4.79 Å². The predicted octanol–water partition coefficient (Wildman–Crippen LogP) is 2.36. The molecule has 0 radical (unpaired) electrons. The van der Waals surface area contributed by atoms with Crippen molar-refractivity contribution in [2.75, 3.05) is 13.1 Å². The minimum absolute atomic E-state index is 0.147. The maximum atomic E-state index is 12.7. The van der Waals surface area contributed by atoms with Crippen molar-refractivity contribution in [2.45, 2.75) is 50.9 Å². The molecule has 2 fully saturated rings. The highest BCUT2D eigenvalue weighted by molar-refractivity contribution is 7.09. The van der Waals surface area contributed by atoms with Crippen molar-refractivity contribution in [1.82, 2.24) is 30.3 Å². The summed E-state index contributed by atoms with van der Waals surface area (Å²) in [5.74, 6) is -0.219. The molecule has 3 heterocycles. The molecule has 0 aromatic carbocycles. The lowest BCUT2D eigenvalue weighted by Crippen LogP contribution is -2.42. The van der Waals surface area contributed by atoms with Gasteiger partial charge < -0.3 is 4.90 Å². The summed E-state index contributed by atoms with van der Waals surface area (Å²) >= 11 is 2.50. The van der Waals surface area contributed by atoms with Crippen molar-refractivity contribution >= 4 is 40.6 Å². The third-order valence-electron chi connectivity index (χ3n) is 5.75. The van der Waals surface area contributed by atoms with Gasteiger partial charge in [0.25, 0.3) is 11.8 Å². The summed E-state index contributed by atoms with van der Waals surface area (Å²) < 4.78 is 3.61.